The van der Waals surface area contributed by atoms with Crippen molar-refractivity contribution in [3.8, 4) is 0 Å². The molecular formula is C20H35N. The molecule has 1 aromatic carbocycles. The lowest BCUT2D eigenvalue weighted by Gasteiger charge is -2.37. The van der Waals surface area contributed by atoms with Crippen LogP contribution in [0.15, 0.2) is 24.3 Å². The van der Waals surface area contributed by atoms with Gasteiger partial charge < -0.3 is 5.32 Å². The van der Waals surface area contributed by atoms with Crippen LogP contribution >= 0.6 is 0 Å². The first-order chi connectivity index (χ1) is 9.53. The van der Waals surface area contributed by atoms with E-state index in [9.17, 15) is 0 Å². The Morgan fingerprint density at radius 3 is 1.81 bits per heavy atom. The van der Waals surface area contributed by atoms with E-state index in [4.69, 9.17) is 0 Å². The summed E-state index contributed by atoms with van der Waals surface area (Å²) in [5.41, 5.74) is 3.34. The molecule has 0 aromatic heterocycles. The maximum atomic E-state index is 3.69. The molecule has 1 heteroatoms. The molecule has 0 spiro atoms. The Morgan fingerprint density at radius 1 is 0.905 bits per heavy atom. The summed E-state index contributed by atoms with van der Waals surface area (Å²) in [6.45, 7) is 19.4. The average Bonchev–Trinajstić information content (AvgIpc) is 2.36. The highest BCUT2D eigenvalue weighted by molar-refractivity contribution is 5.25. The lowest BCUT2D eigenvalue weighted by molar-refractivity contribution is 0.188. The van der Waals surface area contributed by atoms with Crippen molar-refractivity contribution in [3.05, 3.63) is 35.4 Å². The van der Waals surface area contributed by atoms with Gasteiger partial charge in [-0.2, -0.15) is 0 Å². The van der Waals surface area contributed by atoms with Crippen LogP contribution in [0.2, 0.25) is 0 Å². The number of hydrogen-bond acceptors (Lipinski definition) is 1. The molecule has 21 heavy (non-hydrogen) atoms. The van der Waals surface area contributed by atoms with Crippen molar-refractivity contribution in [3.63, 3.8) is 0 Å². The first kappa shape index (κ1) is 18.2. The Morgan fingerprint density at radius 2 is 1.43 bits per heavy atom. The number of nitrogens with one attached hydrogen (secondary N) is 1. The normalized spacial score (nSPS) is 15.5. The zero-order chi connectivity index (χ0) is 16.3. The van der Waals surface area contributed by atoms with E-state index in [0.29, 0.717) is 11.8 Å². The Balaban J connectivity index is 2.82. The average molecular weight is 290 g/mol. The summed E-state index contributed by atoms with van der Waals surface area (Å²) in [6, 6.07) is 9.20. The SMILES string of the molecule is CC(C)c1ccc(CC(C)(CNC(C)(C)C)C(C)C)cc1. The highest BCUT2D eigenvalue weighted by atomic mass is 15.0. The fourth-order valence-electron chi connectivity index (χ4n) is 2.42. The summed E-state index contributed by atoms with van der Waals surface area (Å²) >= 11 is 0. The smallest absolute Gasteiger partial charge is 0.00967 e. The highest BCUT2D eigenvalue weighted by Gasteiger charge is 2.29. The van der Waals surface area contributed by atoms with E-state index in [-0.39, 0.29) is 11.0 Å². The summed E-state index contributed by atoms with van der Waals surface area (Å²) in [4.78, 5) is 0. The van der Waals surface area contributed by atoms with Gasteiger partial charge in [-0.15, -0.1) is 0 Å². The van der Waals surface area contributed by atoms with Gasteiger partial charge in [0.25, 0.3) is 0 Å². The zero-order valence-corrected chi connectivity index (χ0v) is 15.4. The minimum atomic E-state index is 0.178. The van der Waals surface area contributed by atoms with Crippen LogP contribution in [0.1, 0.15) is 72.4 Å². The van der Waals surface area contributed by atoms with Gasteiger partial charge in [0.15, 0.2) is 0 Å². The van der Waals surface area contributed by atoms with Crippen molar-refractivity contribution in [2.45, 2.75) is 73.3 Å². The molecule has 0 bridgehead atoms. The largest absolute Gasteiger partial charge is 0.312 e. The molecule has 1 rings (SSSR count). The van der Waals surface area contributed by atoms with Crippen molar-refractivity contribution >= 4 is 0 Å². The summed E-state index contributed by atoms with van der Waals surface area (Å²) in [5.74, 6) is 1.26. The molecular weight excluding hydrogens is 254 g/mol. The van der Waals surface area contributed by atoms with E-state index in [1.165, 1.54) is 11.1 Å². The van der Waals surface area contributed by atoms with Gasteiger partial charge in [-0.1, -0.05) is 58.9 Å². The molecule has 1 nitrogen and oxygen atoms in total. The van der Waals surface area contributed by atoms with Crippen molar-refractivity contribution in [1.82, 2.24) is 5.32 Å². The van der Waals surface area contributed by atoms with E-state index in [2.05, 4.69) is 85.0 Å². The molecule has 1 unspecified atom stereocenters. The van der Waals surface area contributed by atoms with Gasteiger partial charge >= 0.3 is 0 Å². The summed E-state index contributed by atoms with van der Waals surface area (Å²) < 4.78 is 0. The molecule has 0 aliphatic rings. The molecule has 0 radical (unpaired) electrons. The predicted octanol–water partition coefficient (Wildman–Crippen LogP) is 5.40. The minimum absolute atomic E-state index is 0.178. The Kier molecular flexibility index (Phi) is 6.04. The van der Waals surface area contributed by atoms with E-state index in [1.54, 1.807) is 0 Å². The predicted molar refractivity (Wildman–Crippen MR) is 94.9 cm³/mol. The fraction of sp³-hybridized carbons (Fsp3) is 0.700. The number of benzene rings is 1. The van der Waals surface area contributed by atoms with E-state index < -0.39 is 0 Å². The maximum absolute atomic E-state index is 3.69. The molecule has 0 amide bonds. The molecule has 0 heterocycles. The van der Waals surface area contributed by atoms with Crippen LogP contribution in [0.4, 0.5) is 0 Å². The summed E-state index contributed by atoms with van der Waals surface area (Å²) in [5, 5.41) is 3.69. The van der Waals surface area contributed by atoms with Gasteiger partial charge in [0.1, 0.15) is 0 Å². The van der Waals surface area contributed by atoms with E-state index >= 15 is 0 Å². The minimum Gasteiger partial charge on any atom is -0.312 e. The molecule has 1 N–H and O–H groups in total. The quantitative estimate of drug-likeness (QED) is 0.739. The topological polar surface area (TPSA) is 12.0 Å². The Bertz CT molecular complexity index is 422. The van der Waals surface area contributed by atoms with Crippen molar-refractivity contribution in [2.24, 2.45) is 11.3 Å². The van der Waals surface area contributed by atoms with Crippen LogP contribution in [0, 0.1) is 11.3 Å². The molecule has 0 fully saturated rings. The van der Waals surface area contributed by atoms with Gasteiger partial charge in [0, 0.05) is 12.1 Å². The molecule has 0 saturated heterocycles. The Labute approximate surface area is 132 Å². The van der Waals surface area contributed by atoms with Gasteiger partial charge in [0.05, 0.1) is 0 Å². The molecule has 120 valence electrons. The lowest BCUT2D eigenvalue weighted by atomic mass is 9.74. The third-order valence-corrected chi connectivity index (χ3v) is 4.67. The van der Waals surface area contributed by atoms with Crippen LogP contribution in [0.5, 0.6) is 0 Å². The zero-order valence-electron chi connectivity index (χ0n) is 15.4. The van der Waals surface area contributed by atoms with Crippen LogP contribution in [0.25, 0.3) is 0 Å². The fourth-order valence-corrected chi connectivity index (χ4v) is 2.42. The monoisotopic (exact) mass is 289 g/mol. The van der Waals surface area contributed by atoms with Gasteiger partial charge in [-0.25, -0.2) is 0 Å². The standard InChI is InChI=1S/C20H35N/c1-15(2)18-11-9-17(10-12-18)13-20(8,16(3)4)14-21-19(5,6)7/h9-12,15-16,21H,13-14H2,1-8H3. The van der Waals surface area contributed by atoms with Gasteiger partial charge in [-0.05, 0) is 55.6 Å². The van der Waals surface area contributed by atoms with Gasteiger partial charge in [-0.3, -0.25) is 0 Å². The number of rotatable bonds is 6. The van der Waals surface area contributed by atoms with Gasteiger partial charge in [0.2, 0.25) is 0 Å². The highest BCUT2D eigenvalue weighted by Crippen LogP contribution is 2.31. The third-order valence-electron chi connectivity index (χ3n) is 4.67. The second kappa shape index (κ2) is 6.96. The van der Waals surface area contributed by atoms with Crippen LogP contribution < -0.4 is 5.32 Å². The van der Waals surface area contributed by atoms with E-state index in [1.807, 2.05) is 0 Å². The Hall–Kier alpha value is -0.820. The maximum Gasteiger partial charge on any atom is 0.00967 e. The summed E-state index contributed by atoms with van der Waals surface area (Å²) in [6.07, 6.45) is 1.13. The molecule has 0 aliphatic heterocycles. The van der Waals surface area contributed by atoms with E-state index in [0.717, 1.165) is 13.0 Å². The van der Waals surface area contributed by atoms with Crippen LogP contribution in [-0.4, -0.2) is 12.1 Å². The third kappa shape index (κ3) is 5.82. The summed E-state index contributed by atoms with van der Waals surface area (Å²) in [7, 11) is 0. The first-order valence-electron chi connectivity index (χ1n) is 8.37. The van der Waals surface area contributed by atoms with Crippen molar-refractivity contribution < 1.29 is 0 Å². The second-order valence-corrected chi connectivity index (χ2v) is 8.49. The molecule has 0 aliphatic carbocycles. The van der Waals surface area contributed by atoms with Crippen LogP contribution in [-0.2, 0) is 6.42 Å². The number of hydrogen-bond donors (Lipinski definition) is 1. The molecule has 1 aromatic rings. The lowest BCUT2D eigenvalue weighted by Crippen LogP contribution is -2.45. The van der Waals surface area contributed by atoms with Crippen molar-refractivity contribution in [1.29, 1.82) is 0 Å². The molecule has 1 atom stereocenters. The van der Waals surface area contributed by atoms with Crippen molar-refractivity contribution in [2.75, 3.05) is 6.54 Å². The van der Waals surface area contributed by atoms with Crippen LogP contribution in [0.3, 0.4) is 0 Å². The first-order valence-corrected chi connectivity index (χ1v) is 8.37. The molecule has 0 saturated carbocycles. The second-order valence-electron chi connectivity index (χ2n) is 8.49.